The summed E-state index contributed by atoms with van der Waals surface area (Å²) in [7, 11) is 0. The number of aryl methyl sites for hydroxylation is 1. The number of halogens is 1. The lowest BCUT2D eigenvalue weighted by Gasteiger charge is -2.09. The molecule has 2 heterocycles. The Kier molecular flexibility index (Phi) is 5.43. The van der Waals surface area contributed by atoms with Crippen molar-refractivity contribution in [3.05, 3.63) is 65.1 Å². The Morgan fingerprint density at radius 2 is 2.04 bits per heavy atom. The molecule has 0 aliphatic carbocycles. The predicted molar refractivity (Wildman–Crippen MR) is 101 cm³/mol. The lowest BCUT2D eigenvalue weighted by atomic mass is 10.1. The Morgan fingerprint density at radius 1 is 1.19 bits per heavy atom. The number of rotatable bonds is 5. The summed E-state index contributed by atoms with van der Waals surface area (Å²) in [6.45, 7) is 3.94. The van der Waals surface area contributed by atoms with E-state index in [2.05, 4.69) is 20.3 Å². The lowest BCUT2D eigenvalue weighted by molar-refractivity contribution is 0.0526. The molecule has 1 aromatic carbocycles. The molecule has 2 aromatic heterocycles. The molecule has 0 aliphatic rings. The molecule has 26 heavy (non-hydrogen) atoms. The molecule has 132 valence electrons. The summed E-state index contributed by atoms with van der Waals surface area (Å²) in [5.74, 6) is 0.0220. The summed E-state index contributed by atoms with van der Waals surface area (Å²) in [6.07, 6.45) is 3.12. The Hall–Kier alpha value is -2.99. The molecule has 6 nitrogen and oxygen atoms in total. The summed E-state index contributed by atoms with van der Waals surface area (Å²) >= 11 is 6.01. The van der Waals surface area contributed by atoms with Gasteiger partial charge in [0.2, 0.25) is 5.95 Å². The van der Waals surface area contributed by atoms with Crippen LogP contribution < -0.4 is 5.32 Å². The number of pyridine rings is 1. The molecule has 0 amide bonds. The zero-order chi connectivity index (χ0) is 18.5. The van der Waals surface area contributed by atoms with Crippen LogP contribution in [0.1, 0.15) is 23.0 Å². The molecular formula is C19H17ClN4O2. The molecule has 0 atom stereocenters. The van der Waals surface area contributed by atoms with Gasteiger partial charge in [-0.25, -0.2) is 14.8 Å². The zero-order valence-corrected chi connectivity index (χ0v) is 15.1. The monoisotopic (exact) mass is 368 g/mol. The third kappa shape index (κ3) is 4.34. The zero-order valence-electron chi connectivity index (χ0n) is 14.4. The molecule has 7 heteroatoms. The molecule has 0 fully saturated rings. The minimum Gasteiger partial charge on any atom is -0.462 e. The van der Waals surface area contributed by atoms with E-state index in [1.165, 1.54) is 6.20 Å². The number of ether oxygens (including phenoxy) is 1. The minimum absolute atomic E-state index is 0.309. The van der Waals surface area contributed by atoms with E-state index in [4.69, 9.17) is 16.3 Å². The van der Waals surface area contributed by atoms with E-state index >= 15 is 0 Å². The standard InChI is InChI=1S/C19H17ClN4O2/c1-3-26-18(25)14-8-13(10-21-11-14)17-7-12(2)22-19(24-17)23-16-6-4-5-15(20)9-16/h4-11H,3H2,1-2H3,(H,22,23,24). The van der Waals surface area contributed by atoms with E-state index in [9.17, 15) is 4.79 Å². The fourth-order valence-electron chi connectivity index (χ4n) is 2.37. The first-order valence-electron chi connectivity index (χ1n) is 8.06. The molecule has 0 aliphatic heterocycles. The van der Waals surface area contributed by atoms with Gasteiger partial charge in [-0.3, -0.25) is 4.98 Å². The van der Waals surface area contributed by atoms with Gasteiger partial charge in [0.15, 0.2) is 0 Å². The normalized spacial score (nSPS) is 10.4. The fourth-order valence-corrected chi connectivity index (χ4v) is 2.56. The number of nitrogens with one attached hydrogen (secondary N) is 1. The van der Waals surface area contributed by atoms with Crippen molar-refractivity contribution in [2.75, 3.05) is 11.9 Å². The maximum absolute atomic E-state index is 11.9. The molecular weight excluding hydrogens is 352 g/mol. The second-order valence-corrected chi connectivity index (χ2v) is 5.97. The van der Waals surface area contributed by atoms with Crippen molar-refractivity contribution >= 4 is 29.2 Å². The van der Waals surface area contributed by atoms with Gasteiger partial charge in [-0.2, -0.15) is 0 Å². The second kappa shape index (κ2) is 7.93. The summed E-state index contributed by atoms with van der Waals surface area (Å²) in [4.78, 5) is 24.9. The number of hydrogen-bond donors (Lipinski definition) is 1. The Bertz CT molecular complexity index is 946. The minimum atomic E-state index is -0.412. The van der Waals surface area contributed by atoms with Crippen LogP contribution in [-0.2, 0) is 4.74 Å². The number of aromatic nitrogens is 3. The molecule has 3 rings (SSSR count). The van der Waals surface area contributed by atoms with Crippen LogP contribution >= 0.6 is 11.6 Å². The van der Waals surface area contributed by atoms with Crippen LogP contribution in [0.3, 0.4) is 0 Å². The highest BCUT2D eigenvalue weighted by molar-refractivity contribution is 6.30. The van der Waals surface area contributed by atoms with E-state index in [1.54, 1.807) is 31.3 Å². The van der Waals surface area contributed by atoms with Gasteiger partial charge in [0, 0.05) is 34.4 Å². The van der Waals surface area contributed by atoms with E-state index < -0.39 is 5.97 Å². The average Bonchev–Trinajstić information content (AvgIpc) is 2.61. The molecule has 0 saturated carbocycles. The number of esters is 1. The van der Waals surface area contributed by atoms with Gasteiger partial charge in [0.05, 0.1) is 17.9 Å². The number of carbonyl (C=O) groups excluding carboxylic acids is 1. The van der Waals surface area contributed by atoms with Crippen LogP contribution in [-0.4, -0.2) is 27.5 Å². The van der Waals surface area contributed by atoms with Gasteiger partial charge in [0.25, 0.3) is 0 Å². The average molecular weight is 369 g/mol. The van der Waals surface area contributed by atoms with Crippen molar-refractivity contribution in [1.29, 1.82) is 0 Å². The summed E-state index contributed by atoms with van der Waals surface area (Å²) in [5.41, 5.74) is 3.30. The van der Waals surface area contributed by atoms with Gasteiger partial charge in [0.1, 0.15) is 0 Å². The van der Waals surface area contributed by atoms with E-state index in [-0.39, 0.29) is 0 Å². The van der Waals surface area contributed by atoms with Crippen molar-refractivity contribution in [1.82, 2.24) is 15.0 Å². The van der Waals surface area contributed by atoms with Crippen molar-refractivity contribution in [3.8, 4) is 11.3 Å². The molecule has 0 radical (unpaired) electrons. The maximum atomic E-state index is 11.9. The molecule has 0 saturated heterocycles. The van der Waals surface area contributed by atoms with Crippen LogP contribution in [0.2, 0.25) is 5.02 Å². The fraction of sp³-hybridized carbons (Fsp3) is 0.158. The van der Waals surface area contributed by atoms with Crippen LogP contribution in [0, 0.1) is 6.92 Å². The number of benzene rings is 1. The smallest absolute Gasteiger partial charge is 0.339 e. The number of nitrogens with zero attached hydrogens (tertiary/aromatic N) is 3. The first-order chi connectivity index (χ1) is 12.5. The van der Waals surface area contributed by atoms with Crippen LogP contribution in [0.25, 0.3) is 11.3 Å². The van der Waals surface area contributed by atoms with Crippen molar-refractivity contribution in [2.24, 2.45) is 0 Å². The summed E-state index contributed by atoms with van der Waals surface area (Å²) in [5, 5.41) is 3.75. The van der Waals surface area contributed by atoms with Crippen molar-refractivity contribution < 1.29 is 9.53 Å². The van der Waals surface area contributed by atoms with Crippen LogP contribution in [0.4, 0.5) is 11.6 Å². The second-order valence-electron chi connectivity index (χ2n) is 5.54. The molecule has 0 bridgehead atoms. The summed E-state index contributed by atoms with van der Waals surface area (Å²) in [6, 6.07) is 10.8. The third-order valence-corrected chi connectivity index (χ3v) is 3.72. The largest absolute Gasteiger partial charge is 0.462 e. The van der Waals surface area contributed by atoms with E-state index in [0.717, 1.165) is 11.4 Å². The Balaban J connectivity index is 1.92. The third-order valence-electron chi connectivity index (χ3n) is 3.48. The summed E-state index contributed by atoms with van der Waals surface area (Å²) < 4.78 is 5.02. The number of hydrogen-bond acceptors (Lipinski definition) is 6. The van der Waals surface area contributed by atoms with Gasteiger partial charge in [-0.05, 0) is 44.2 Å². The SMILES string of the molecule is CCOC(=O)c1cncc(-c2cc(C)nc(Nc3cccc(Cl)c3)n2)c1. The quantitative estimate of drug-likeness (QED) is 0.672. The topological polar surface area (TPSA) is 77.0 Å². The van der Waals surface area contributed by atoms with Crippen LogP contribution in [0.15, 0.2) is 48.8 Å². The Labute approximate surface area is 156 Å². The van der Waals surface area contributed by atoms with E-state index in [0.29, 0.717) is 34.4 Å². The van der Waals surface area contributed by atoms with Gasteiger partial charge < -0.3 is 10.1 Å². The molecule has 3 aromatic rings. The first-order valence-corrected chi connectivity index (χ1v) is 8.44. The lowest BCUT2D eigenvalue weighted by Crippen LogP contribution is -2.05. The number of anilines is 2. The highest BCUT2D eigenvalue weighted by Gasteiger charge is 2.11. The van der Waals surface area contributed by atoms with Crippen LogP contribution in [0.5, 0.6) is 0 Å². The first kappa shape index (κ1) is 17.8. The Morgan fingerprint density at radius 3 is 2.81 bits per heavy atom. The van der Waals surface area contributed by atoms with Gasteiger partial charge in [-0.1, -0.05) is 17.7 Å². The highest BCUT2D eigenvalue weighted by Crippen LogP contribution is 2.23. The molecule has 1 N–H and O–H groups in total. The van der Waals surface area contributed by atoms with Gasteiger partial charge in [-0.15, -0.1) is 0 Å². The van der Waals surface area contributed by atoms with Crippen molar-refractivity contribution in [2.45, 2.75) is 13.8 Å². The van der Waals surface area contributed by atoms with E-state index in [1.807, 2.05) is 25.1 Å². The molecule has 0 unspecified atom stereocenters. The van der Waals surface area contributed by atoms with Crippen molar-refractivity contribution in [3.63, 3.8) is 0 Å². The molecule has 0 spiro atoms. The maximum Gasteiger partial charge on any atom is 0.339 e. The predicted octanol–water partition coefficient (Wildman–Crippen LogP) is 4.42. The van der Waals surface area contributed by atoms with Gasteiger partial charge >= 0.3 is 5.97 Å². The number of carbonyl (C=O) groups is 1. The highest BCUT2D eigenvalue weighted by atomic mass is 35.5.